The fourth-order valence-electron chi connectivity index (χ4n) is 3.53. The molecule has 0 atom stereocenters. The van der Waals surface area contributed by atoms with E-state index in [0.29, 0.717) is 36.7 Å². The van der Waals surface area contributed by atoms with E-state index in [1.165, 1.54) is 0 Å². The topological polar surface area (TPSA) is 83.7 Å². The minimum absolute atomic E-state index is 0.174. The molecular formula is C18H19F3N6. The fourth-order valence-corrected chi connectivity index (χ4v) is 3.53. The Morgan fingerprint density at radius 1 is 1.15 bits per heavy atom. The first kappa shape index (κ1) is 17.7. The number of hydrogen-bond donors (Lipinski definition) is 2. The first-order valence-corrected chi connectivity index (χ1v) is 8.79. The largest absolute Gasteiger partial charge is 0.433 e. The number of nitrogens with zero attached hydrogens (tertiary/aromatic N) is 4. The Kier molecular flexibility index (Phi) is 4.47. The molecule has 0 radical (unpaired) electrons. The molecule has 6 nitrogen and oxygen atoms in total. The molecule has 9 heteroatoms. The molecule has 1 aromatic carbocycles. The van der Waals surface area contributed by atoms with E-state index in [0.717, 1.165) is 30.1 Å². The molecular weight excluding hydrogens is 357 g/mol. The summed E-state index contributed by atoms with van der Waals surface area (Å²) < 4.78 is 39.8. The number of anilines is 1. The first-order chi connectivity index (χ1) is 13.0. The average molecular weight is 376 g/mol. The lowest BCUT2D eigenvalue weighted by atomic mass is 9.95. The zero-order valence-corrected chi connectivity index (χ0v) is 14.5. The molecule has 0 bridgehead atoms. The number of rotatable bonds is 3. The maximum atomic E-state index is 13.3. The second kappa shape index (κ2) is 6.80. The van der Waals surface area contributed by atoms with E-state index in [2.05, 4.69) is 20.2 Å². The highest BCUT2D eigenvalue weighted by Crippen LogP contribution is 2.37. The summed E-state index contributed by atoms with van der Waals surface area (Å²) in [4.78, 5) is 10.2. The van der Waals surface area contributed by atoms with Gasteiger partial charge in [-0.1, -0.05) is 18.2 Å². The van der Waals surface area contributed by atoms with Crippen LogP contribution in [0.4, 0.5) is 18.9 Å². The number of pyridine rings is 1. The van der Waals surface area contributed by atoms with E-state index < -0.39 is 11.9 Å². The van der Waals surface area contributed by atoms with Gasteiger partial charge in [0, 0.05) is 30.1 Å². The molecule has 142 valence electrons. The van der Waals surface area contributed by atoms with E-state index in [9.17, 15) is 13.2 Å². The van der Waals surface area contributed by atoms with Gasteiger partial charge < -0.3 is 10.6 Å². The van der Waals surface area contributed by atoms with Crippen LogP contribution in [0.3, 0.4) is 0 Å². The molecule has 3 heterocycles. The monoisotopic (exact) mass is 376 g/mol. The Morgan fingerprint density at radius 3 is 2.56 bits per heavy atom. The van der Waals surface area contributed by atoms with Crippen LogP contribution in [-0.2, 0) is 12.7 Å². The van der Waals surface area contributed by atoms with Gasteiger partial charge in [0.05, 0.1) is 12.1 Å². The van der Waals surface area contributed by atoms with Crippen molar-refractivity contribution in [3.8, 4) is 0 Å². The summed E-state index contributed by atoms with van der Waals surface area (Å²) in [6.45, 7) is 1.56. The molecule has 0 aliphatic carbocycles. The Labute approximate surface area is 153 Å². The Bertz CT molecular complexity index is 944. The molecule has 0 spiro atoms. The third-order valence-electron chi connectivity index (χ3n) is 4.93. The lowest BCUT2D eigenvalue weighted by molar-refractivity contribution is -0.140. The van der Waals surface area contributed by atoms with Crippen molar-refractivity contribution < 1.29 is 13.2 Å². The summed E-state index contributed by atoms with van der Waals surface area (Å²) in [5, 5.41) is 7.75. The summed E-state index contributed by atoms with van der Waals surface area (Å²) in [5.41, 5.74) is 5.62. The molecule has 0 amide bonds. The second-order valence-corrected chi connectivity index (χ2v) is 6.65. The van der Waals surface area contributed by atoms with E-state index in [1.807, 2.05) is 17.0 Å². The number of hydrogen-bond acceptors (Lipinski definition) is 5. The number of halogens is 3. The lowest BCUT2D eigenvalue weighted by Crippen LogP contribution is -2.33. The second-order valence-electron chi connectivity index (χ2n) is 6.65. The molecule has 3 aromatic rings. The first-order valence-electron chi connectivity index (χ1n) is 8.79. The number of fused-ring (bicyclic) bond motifs is 1. The minimum Gasteiger partial charge on any atom is -0.371 e. The number of para-hydroxylation sites is 1. The van der Waals surface area contributed by atoms with Gasteiger partial charge in [-0.05, 0) is 25.0 Å². The van der Waals surface area contributed by atoms with Crippen molar-refractivity contribution in [3.63, 3.8) is 0 Å². The summed E-state index contributed by atoms with van der Waals surface area (Å²) in [7, 11) is 0. The summed E-state index contributed by atoms with van der Waals surface area (Å²) >= 11 is 0. The molecule has 3 N–H and O–H groups in total. The minimum atomic E-state index is -4.48. The normalized spacial score (nSPS) is 16.2. The van der Waals surface area contributed by atoms with Gasteiger partial charge in [0.1, 0.15) is 11.5 Å². The fraction of sp³-hybridized carbons (Fsp3) is 0.389. The molecule has 1 saturated heterocycles. The summed E-state index contributed by atoms with van der Waals surface area (Å²) in [5.74, 6) is 1.54. The molecule has 0 saturated carbocycles. The SMILES string of the molecule is NCc1nc(C2CCN(c3cc(C(F)(F)F)nc4ccccc34)CC2)n[nH]1. The number of benzene rings is 1. The Morgan fingerprint density at radius 2 is 1.89 bits per heavy atom. The van der Waals surface area contributed by atoms with Crippen LogP contribution in [0.25, 0.3) is 10.9 Å². The highest BCUT2D eigenvalue weighted by Gasteiger charge is 2.34. The standard InChI is InChI=1S/C18H19F3N6/c19-18(20,21)15-9-14(12-3-1-2-4-13(12)23-15)27-7-5-11(6-8-27)17-24-16(10-22)25-26-17/h1-4,9,11H,5-8,10,22H2,(H,24,25,26). The molecule has 1 aliphatic rings. The molecule has 1 aliphatic heterocycles. The van der Waals surface area contributed by atoms with Gasteiger partial charge in [0.15, 0.2) is 5.82 Å². The molecule has 27 heavy (non-hydrogen) atoms. The third-order valence-corrected chi connectivity index (χ3v) is 4.93. The number of nitrogens with two attached hydrogens (primary N) is 1. The van der Waals surface area contributed by atoms with Gasteiger partial charge in [-0.25, -0.2) is 9.97 Å². The van der Waals surface area contributed by atoms with Crippen LogP contribution in [0.5, 0.6) is 0 Å². The summed E-state index contributed by atoms with van der Waals surface area (Å²) in [6, 6.07) is 8.09. The van der Waals surface area contributed by atoms with Gasteiger partial charge >= 0.3 is 6.18 Å². The number of piperidine rings is 1. The van der Waals surface area contributed by atoms with Gasteiger partial charge in [-0.3, -0.25) is 5.10 Å². The van der Waals surface area contributed by atoms with Crippen molar-refractivity contribution >= 4 is 16.6 Å². The van der Waals surface area contributed by atoms with Crippen molar-refractivity contribution in [3.05, 3.63) is 47.7 Å². The van der Waals surface area contributed by atoms with E-state index >= 15 is 0 Å². The zero-order valence-electron chi connectivity index (χ0n) is 14.5. The maximum Gasteiger partial charge on any atom is 0.433 e. The number of aromatic nitrogens is 4. The van der Waals surface area contributed by atoms with Crippen molar-refractivity contribution in [2.45, 2.75) is 31.5 Å². The predicted octanol–water partition coefficient (Wildman–Crippen LogP) is 3.21. The number of H-pyrrole nitrogens is 1. The van der Waals surface area contributed by atoms with Crippen molar-refractivity contribution in [2.75, 3.05) is 18.0 Å². The third kappa shape index (κ3) is 3.46. The van der Waals surface area contributed by atoms with Gasteiger partial charge in [-0.2, -0.15) is 18.3 Å². The van der Waals surface area contributed by atoms with Crippen LogP contribution in [0.2, 0.25) is 0 Å². The van der Waals surface area contributed by atoms with Crippen LogP contribution in [0, 0.1) is 0 Å². The highest BCUT2D eigenvalue weighted by atomic mass is 19.4. The van der Waals surface area contributed by atoms with E-state index in [1.54, 1.807) is 12.1 Å². The van der Waals surface area contributed by atoms with Crippen LogP contribution < -0.4 is 10.6 Å². The number of alkyl halides is 3. The Hall–Kier alpha value is -2.68. The Balaban J connectivity index is 1.61. The van der Waals surface area contributed by atoms with Crippen molar-refractivity contribution in [2.24, 2.45) is 5.73 Å². The zero-order chi connectivity index (χ0) is 19.0. The van der Waals surface area contributed by atoms with Crippen LogP contribution in [0.15, 0.2) is 30.3 Å². The summed E-state index contributed by atoms with van der Waals surface area (Å²) in [6.07, 6.45) is -2.95. The predicted molar refractivity (Wildman–Crippen MR) is 95.2 cm³/mol. The molecule has 2 aromatic heterocycles. The van der Waals surface area contributed by atoms with Gasteiger partial charge in [0.25, 0.3) is 0 Å². The quantitative estimate of drug-likeness (QED) is 0.733. The smallest absolute Gasteiger partial charge is 0.371 e. The van der Waals surface area contributed by atoms with E-state index in [-0.39, 0.29) is 5.92 Å². The van der Waals surface area contributed by atoms with Gasteiger partial charge in [0.2, 0.25) is 0 Å². The average Bonchev–Trinajstić information content (AvgIpc) is 3.16. The van der Waals surface area contributed by atoms with Crippen molar-refractivity contribution in [1.82, 2.24) is 20.2 Å². The van der Waals surface area contributed by atoms with E-state index in [4.69, 9.17) is 5.73 Å². The highest BCUT2D eigenvalue weighted by molar-refractivity contribution is 5.92. The number of nitrogens with one attached hydrogen (secondary N) is 1. The van der Waals surface area contributed by atoms with Crippen LogP contribution in [0.1, 0.15) is 36.1 Å². The molecule has 4 rings (SSSR count). The van der Waals surface area contributed by atoms with Crippen molar-refractivity contribution in [1.29, 1.82) is 0 Å². The molecule has 0 unspecified atom stereocenters. The van der Waals surface area contributed by atoms with Crippen LogP contribution >= 0.6 is 0 Å². The van der Waals surface area contributed by atoms with Crippen LogP contribution in [-0.4, -0.2) is 33.3 Å². The van der Waals surface area contributed by atoms with Gasteiger partial charge in [-0.15, -0.1) is 0 Å². The maximum absolute atomic E-state index is 13.3. The molecule has 1 fully saturated rings. The lowest BCUT2D eigenvalue weighted by Gasteiger charge is -2.33. The number of aromatic amines is 1.